The van der Waals surface area contributed by atoms with Crippen LogP contribution in [0, 0.1) is 12.7 Å². The zero-order valence-electron chi connectivity index (χ0n) is 13.4. The lowest BCUT2D eigenvalue weighted by Crippen LogP contribution is -2.39. The number of primary amides is 1. The summed E-state index contributed by atoms with van der Waals surface area (Å²) in [6.45, 7) is 1.88. The number of nitrogens with zero attached hydrogens (tertiary/aromatic N) is 3. The van der Waals surface area contributed by atoms with Crippen molar-refractivity contribution in [3.63, 3.8) is 0 Å². The summed E-state index contributed by atoms with van der Waals surface area (Å²) in [7, 11) is 0. The molecular weight excluding hydrogens is 325 g/mol. The van der Waals surface area contributed by atoms with Crippen LogP contribution in [0.4, 0.5) is 15.9 Å². The molecule has 0 bridgehead atoms. The molecule has 0 saturated heterocycles. The lowest BCUT2D eigenvalue weighted by Gasteiger charge is -2.20. The number of pyridine rings is 1. The van der Waals surface area contributed by atoms with Crippen LogP contribution in [0.5, 0.6) is 0 Å². The number of nitrogens with one attached hydrogen (secondary N) is 1. The zero-order valence-corrected chi connectivity index (χ0v) is 13.4. The topological polar surface area (TPSA) is 101 Å². The first-order chi connectivity index (χ1) is 11.9. The molecule has 0 unspecified atom stereocenters. The number of carbonyl (C=O) groups excluding carboxylic acids is 2. The summed E-state index contributed by atoms with van der Waals surface area (Å²) >= 11 is 0. The molecule has 0 aliphatic carbocycles. The standard InChI is InChI=1S/C17H16FN5O2/c1-10-6-7-20-15(8-10)21-17(25)13-9-14(16(19)24)23(22-13)12-4-2-11(18)3-5-12/h2-8,14H,9H2,1H3,(H2,19,24)(H,20,21,25)/t14-/m0/s1. The molecule has 1 aromatic carbocycles. The van der Waals surface area contributed by atoms with E-state index in [-0.39, 0.29) is 12.1 Å². The second-order valence-corrected chi connectivity index (χ2v) is 5.66. The number of carbonyl (C=O) groups is 2. The second-order valence-electron chi connectivity index (χ2n) is 5.66. The van der Waals surface area contributed by atoms with Gasteiger partial charge >= 0.3 is 0 Å². The largest absolute Gasteiger partial charge is 0.368 e. The van der Waals surface area contributed by atoms with E-state index in [1.807, 2.05) is 13.0 Å². The second kappa shape index (κ2) is 6.68. The van der Waals surface area contributed by atoms with Crippen molar-refractivity contribution in [1.29, 1.82) is 0 Å². The van der Waals surface area contributed by atoms with Crippen molar-refractivity contribution < 1.29 is 14.0 Å². The number of amides is 2. The summed E-state index contributed by atoms with van der Waals surface area (Å²) < 4.78 is 13.1. The van der Waals surface area contributed by atoms with Crippen LogP contribution in [0.3, 0.4) is 0 Å². The molecule has 1 aliphatic rings. The fraction of sp³-hybridized carbons (Fsp3) is 0.176. The van der Waals surface area contributed by atoms with Crippen molar-refractivity contribution in [2.24, 2.45) is 10.8 Å². The number of rotatable bonds is 4. The first-order valence-electron chi connectivity index (χ1n) is 7.59. The van der Waals surface area contributed by atoms with Gasteiger partial charge in [-0.3, -0.25) is 14.6 Å². The van der Waals surface area contributed by atoms with Gasteiger partial charge in [0.1, 0.15) is 23.4 Å². The Kier molecular flexibility index (Phi) is 4.42. The Balaban J connectivity index is 1.83. The molecule has 128 valence electrons. The minimum Gasteiger partial charge on any atom is -0.368 e. The molecule has 7 nitrogen and oxygen atoms in total. The highest BCUT2D eigenvalue weighted by molar-refractivity contribution is 6.44. The van der Waals surface area contributed by atoms with Crippen LogP contribution in [0.15, 0.2) is 47.7 Å². The number of nitrogens with two attached hydrogens (primary N) is 1. The summed E-state index contributed by atoms with van der Waals surface area (Å²) in [6, 6.07) is 8.15. The number of aryl methyl sites for hydroxylation is 1. The quantitative estimate of drug-likeness (QED) is 0.882. The number of hydrogen-bond donors (Lipinski definition) is 2. The predicted molar refractivity (Wildman–Crippen MR) is 91.5 cm³/mol. The molecule has 2 aromatic rings. The van der Waals surface area contributed by atoms with Crippen molar-refractivity contribution in [3.05, 3.63) is 54.0 Å². The normalized spacial score (nSPS) is 16.5. The average Bonchev–Trinajstić information content (AvgIpc) is 3.01. The number of aromatic nitrogens is 1. The van der Waals surface area contributed by atoms with Crippen LogP contribution in [-0.4, -0.2) is 28.6 Å². The Morgan fingerprint density at radius 2 is 2.00 bits per heavy atom. The van der Waals surface area contributed by atoms with Crippen LogP contribution in [0.25, 0.3) is 0 Å². The third-order valence-corrected chi connectivity index (χ3v) is 3.75. The van der Waals surface area contributed by atoms with Gasteiger partial charge in [-0.15, -0.1) is 0 Å². The monoisotopic (exact) mass is 341 g/mol. The molecule has 0 radical (unpaired) electrons. The van der Waals surface area contributed by atoms with Gasteiger partial charge < -0.3 is 11.1 Å². The van der Waals surface area contributed by atoms with Crippen LogP contribution >= 0.6 is 0 Å². The molecule has 1 atom stereocenters. The summed E-state index contributed by atoms with van der Waals surface area (Å²) in [5, 5.41) is 8.18. The van der Waals surface area contributed by atoms with Crippen LogP contribution in [0.2, 0.25) is 0 Å². The SMILES string of the molecule is Cc1ccnc(NC(=O)C2=NN(c3ccc(F)cc3)[C@H](C(N)=O)C2)c1. The van der Waals surface area contributed by atoms with Crippen LogP contribution in [0.1, 0.15) is 12.0 Å². The summed E-state index contributed by atoms with van der Waals surface area (Å²) in [5.41, 5.74) is 6.99. The first-order valence-corrected chi connectivity index (χ1v) is 7.59. The van der Waals surface area contributed by atoms with E-state index in [9.17, 15) is 14.0 Å². The third kappa shape index (κ3) is 3.63. The van der Waals surface area contributed by atoms with Gasteiger partial charge in [-0.05, 0) is 48.9 Å². The van der Waals surface area contributed by atoms with Gasteiger partial charge in [-0.25, -0.2) is 9.37 Å². The maximum absolute atomic E-state index is 13.1. The van der Waals surface area contributed by atoms with Gasteiger partial charge in [0.15, 0.2) is 0 Å². The Morgan fingerprint density at radius 1 is 1.28 bits per heavy atom. The van der Waals surface area contributed by atoms with Crippen LogP contribution < -0.4 is 16.1 Å². The van der Waals surface area contributed by atoms with Crippen molar-refractivity contribution >= 4 is 29.0 Å². The Bertz CT molecular complexity index is 850. The van der Waals surface area contributed by atoms with Gasteiger partial charge in [0.05, 0.1) is 5.69 Å². The highest BCUT2D eigenvalue weighted by Gasteiger charge is 2.35. The molecule has 1 aromatic heterocycles. The molecule has 3 N–H and O–H groups in total. The van der Waals surface area contributed by atoms with Gasteiger partial charge in [0.25, 0.3) is 5.91 Å². The van der Waals surface area contributed by atoms with E-state index in [4.69, 9.17) is 5.73 Å². The van der Waals surface area contributed by atoms with E-state index in [0.717, 1.165) is 5.56 Å². The first kappa shape index (κ1) is 16.6. The highest BCUT2D eigenvalue weighted by atomic mass is 19.1. The lowest BCUT2D eigenvalue weighted by atomic mass is 10.1. The average molecular weight is 341 g/mol. The molecule has 0 fully saturated rings. The van der Waals surface area contributed by atoms with E-state index in [0.29, 0.717) is 11.5 Å². The molecule has 2 heterocycles. The molecular formula is C17H16FN5O2. The fourth-order valence-corrected chi connectivity index (χ4v) is 2.49. The zero-order chi connectivity index (χ0) is 18.0. The molecule has 25 heavy (non-hydrogen) atoms. The Morgan fingerprint density at radius 3 is 2.64 bits per heavy atom. The number of halogens is 1. The minimum absolute atomic E-state index is 0.0599. The molecule has 0 spiro atoms. The number of hydrazone groups is 1. The van der Waals surface area contributed by atoms with E-state index < -0.39 is 23.7 Å². The van der Waals surface area contributed by atoms with E-state index in [2.05, 4.69) is 15.4 Å². The maximum atomic E-state index is 13.1. The Hall–Kier alpha value is -3.29. The van der Waals surface area contributed by atoms with Gasteiger partial charge in [0, 0.05) is 12.6 Å². The molecule has 8 heteroatoms. The fourth-order valence-electron chi connectivity index (χ4n) is 2.49. The van der Waals surface area contributed by atoms with Gasteiger partial charge in [-0.1, -0.05) is 0 Å². The number of anilines is 2. The summed E-state index contributed by atoms with van der Waals surface area (Å²) in [5.74, 6) is -1.10. The summed E-state index contributed by atoms with van der Waals surface area (Å²) in [6.07, 6.45) is 1.64. The van der Waals surface area contributed by atoms with E-state index in [1.54, 1.807) is 12.3 Å². The van der Waals surface area contributed by atoms with E-state index >= 15 is 0 Å². The molecule has 0 saturated carbocycles. The van der Waals surface area contributed by atoms with Crippen LogP contribution in [-0.2, 0) is 9.59 Å². The highest BCUT2D eigenvalue weighted by Crippen LogP contribution is 2.25. The number of hydrogen-bond acceptors (Lipinski definition) is 5. The van der Waals surface area contributed by atoms with Crippen molar-refractivity contribution in [2.75, 3.05) is 10.3 Å². The molecule has 3 rings (SSSR count). The smallest absolute Gasteiger partial charge is 0.273 e. The van der Waals surface area contributed by atoms with Crippen molar-refractivity contribution in [2.45, 2.75) is 19.4 Å². The van der Waals surface area contributed by atoms with Gasteiger partial charge in [-0.2, -0.15) is 5.10 Å². The van der Waals surface area contributed by atoms with Crippen molar-refractivity contribution in [1.82, 2.24) is 4.98 Å². The molecule has 2 amide bonds. The molecule has 1 aliphatic heterocycles. The third-order valence-electron chi connectivity index (χ3n) is 3.75. The van der Waals surface area contributed by atoms with Gasteiger partial charge in [0.2, 0.25) is 5.91 Å². The minimum atomic E-state index is -0.809. The number of benzene rings is 1. The lowest BCUT2D eigenvalue weighted by molar-refractivity contribution is -0.119. The summed E-state index contributed by atoms with van der Waals surface area (Å²) in [4.78, 5) is 28.2. The Labute approximate surface area is 143 Å². The van der Waals surface area contributed by atoms with E-state index in [1.165, 1.54) is 29.3 Å². The van der Waals surface area contributed by atoms with Crippen molar-refractivity contribution in [3.8, 4) is 0 Å². The maximum Gasteiger partial charge on any atom is 0.273 e. The predicted octanol–water partition coefficient (Wildman–Crippen LogP) is 1.59.